The number of rotatable bonds is 2. The molecule has 0 amide bonds. The molecule has 1 aromatic rings. The Morgan fingerprint density at radius 3 is 2.56 bits per heavy atom. The molecule has 0 bridgehead atoms. The molecule has 1 aliphatic carbocycles. The van der Waals surface area contributed by atoms with E-state index in [4.69, 9.17) is 22.1 Å². The topological polar surface area (TPSA) is 55.5 Å². The Morgan fingerprint density at radius 1 is 1.38 bits per heavy atom. The van der Waals surface area contributed by atoms with Gasteiger partial charge in [-0.25, -0.2) is 0 Å². The molecule has 1 aromatic carbocycles. The highest BCUT2D eigenvalue weighted by Crippen LogP contribution is 2.43. The molecule has 0 spiro atoms. The highest BCUT2D eigenvalue weighted by Gasteiger charge is 2.33. The first-order chi connectivity index (χ1) is 7.57. The first kappa shape index (κ1) is 11.6. The van der Waals surface area contributed by atoms with Crippen molar-refractivity contribution in [1.82, 2.24) is 0 Å². The van der Waals surface area contributed by atoms with Gasteiger partial charge in [-0.15, -0.1) is 0 Å². The molecule has 4 heteroatoms. The second-order valence-electron chi connectivity index (χ2n) is 4.37. The van der Waals surface area contributed by atoms with Crippen molar-refractivity contribution < 1.29 is 9.84 Å². The maximum Gasteiger partial charge on any atom is 0.161 e. The molecule has 2 rings (SSSR count). The Morgan fingerprint density at radius 2 is 2.00 bits per heavy atom. The molecule has 0 heterocycles. The average molecular weight is 242 g/mol. The van der Waals surface area contributed by atoms with Crippen molar-refractivity contribution in [1.29, 1.82) is 0 Å². The van der Waals surface area contributed by atoms with Crippen LogP contribution in [-0.2, 0) is 5.54 Å². The van der Waals surface area contributed by atoms with Crippen molar-refractivity contribution in [3.63, 3.8) is 0 Å². The number of phenols is 1. The lowest BCUT2D eigenvalue weighted by atomic mass is 9.89. The molecule has 1 saturated carbocycles. The number of ether oxygens (including phenoxy) is 1. The molecule has 0 radical (unpaired) electrons. The fourth-order valence-corrected chi connectivity index (χ4v) is 2.71. The van der Waals surface area contributed by atoms with E-state index in [2.05, 4.69) is 0 Å². The Balaban J connectivity index is 2.45. The van der Waals surface area contributed by atoms with Crippen molar-refractivity contribution in [3.05, 3.63) is 22.7 Å². The van der Waals surface area contributed by atoms with Crippen LogP contribution in [0, 0.1) is 0 Å². The van der Waals surface area contributed by atoms with E-state index >= 15 is 0 Å². The van der Waals surface area contributed by atoms with Gasteiger partial charge in [-0.2, -0.15) is 0 Å². The van der Waals surface area contributed by atoms with E-state index in [1.54, 1.807) is 12.1 Å². The van der Waals surface area contributed by atoms with Crippen LogP contribution in [0.3, 0.4) is 0 Å². The molecular weight excluding hydrogens is 226 g/mol. The average Bonchev–Trinajstić information content (AvgIpc) is 2.69. The number of aromatic hydroxyl groups is 1. The standard InChI is InChI=1S/C12H16ClNO2/c1-16-11-7-9(13)8(6-10(11)15)12(14)4-2-3-5-12/h6-7,15H,2-5,14H2,1H3. The third kappa shape index (κ3) is 1.85. The maximum atomic E-state index is 9.75. The van der Waals surface area contributed by atoms with E-state index in [-0.39, 0.29) is 11.3 Å². The van der Waals surface area contributed by atoms with Crippen LogP contribution in [0.25, 0.3) is 0 Å². The van der Waals surface area contributed by atoms with E-state index in [0.717, 1.165) is 31.2 Å². The van der Waals surface area contributed by atoms with E-state index in [1.165, 1.54) is 7.11 Å². The first-order valence-electron chi connectivity index (χ1n) is 5.43. The minimum atomic E-state index is -0.388. The highest BCUT2D eigenvalue weighted by molar-refractivity contribution is 6.31. The predicted octanol–water partition coefficient (Wildman–Crippen LogP) is 2.78. The smallest absolute Gasteiger partial charge is 0.161 e. The normalized spacial score (nSPS) is 18.7. The Hall–Kier alpha value is -0.930. The predicted molar refractivity (Wildman–Crippen MR) is 64.0 cm³/mol. The molecule has 3 N–H and O–H groups in total. The minimum absolute atomic E-state index is 0.0959. The van der Waals surface area contributed by atoms with Gasteiger partial charge in [0.2, 0.25) is 0 Å². The van der Waals surface area contributed by atoms with Crippen LogP contribution in [0.1, 0.15) is 31.2 Å². The zero-order valence-electron chi connectivity index (χ0n) is 9.29. The van der Waals surface area contributed by atoms with Crippen LogP contribution in [0.4, 0.5) is 0 Å². The zero-order valence-corrected chi connectivity index (χ0v) is 10.0. The Kier molecular flexibility index (Phi) is 3.00. The van der Waals surface area contributed by atoms with Gasteiger partial charge in [0.15, 0.2) is 11.5 Å². The van der Waals surface area contributed by atoms with E-state index < -0.39 is 0 Å². The lowest BCUT2D eigenvalue weighted by Gasteiger charge is -2.25. The molecule has 0 saturated heterocycles. The molecule has 0 atom stereocenters. The van der Waals surface area contributed by atoms with Crippen LogP contribution in [0.2, 0.25) is 5.02 Å². The summed E-state index contributed by atoms with van der Waals surface area (Å²) < 4.78 is 5.00. The van der Waals surface area contributed by atoms with E-state index in [9.17, 15) is 5.11 Å². The number of methoxy groups -OCH3 is 1. The quantitative estimate of drug-likeness (QED) is 0.837. The van der Waals surface area contributed by atoms with Gasteiger partial charge < -0.3 is 15.6 Å². The monoisotopic (exact) mass is 241 g/mol. The summed E-state index contributed by atoms with van der Waals surface area (Å²) in [6, 6.07) is 3.26. The second kappa shape index (κ2) is 4.15. The minimum Gasteiger partial charge on any atom is -0.504 e. The largest absolute Gasteiger partial charge is 0.504 e. The van der Waals surface area contributed by atoms with Crippen molar-refractivity contribution >= 4 is 11.6 Å². The summed E-state index contributed by atoms with van der Waals surface area (Å²) in [5.74, 6) is 0.481. The molecule has 16 heavy (non-hydrogen) atoms. The number of phenolic OH excluding ortho intramolecular Hbond substituents is 1. The lowest BCUT2D eigenvalue weighted by Crippen LogP contribution is -2.33. The van der Waals surface area contributed by atoms with Crippen LogP contribution in [0.15, 0.2) is 12.1 Å². The van der Waals surface area contributed by atoms with Gasteiger partial charge in [0.05, 0.1) is 7.11 Å². The van der Waals surface area contributed by atoms with Gasteiger partial charge in [-0.1, -0.05) is 24.4 Å². The van der Waals surface area contributed by atoms with E-state index in [1.807, 2.05) is 0 Å². The van der Waals surface area contributed by atoms with Crippen molar-refractivity contribution in [3.8, 4) is 11.5 Å². The van der Waals surface area contributed by atoms with Gasteiger partial charge in [0, 0.05) is 16.6 Å². The number of halogens is 1. The number of benzene rings is 1. The van der Waals surface area contributed by atoms with Gasteiger partial charge in [0.25, 0.3) is 0 Å². The molecule has 0 aromatic heterocycles. The maximum absolute atomic E-state index is 9.75. The Bertz CT molecular complexity index is 400. The fraction of sp³-hybridized carbons (Fsp3) is 0.500. The SMILES string of the molecule is COc1cc(Cl)c(C2(N)CCCC2)cc1O. The van der Waals surface area contributed by atoms with Crippen molar-refractivity contribution in [2.45, 2.75) is 31.2 Å². The molecule has 3 nitrogen and oxygen atoms in total. The van der Waals surface area contributed by atoms with Gasteiger partial charge in [-0.3, -0.25) is 0 Å². The van der Waals surface area contributed by atoms with E-state index in [0.29, 0.717) is 10.8 Å². The van der Waals surface area contributed by atoms with Crippen LogP contribution in [-0.4, -0.2) is 12.2 Å². The summed E-state index contributed by atoms with van der Waals surface area (Å²) in [7, 11) is 1.50. The molecular formula is C12H16ClNO2. The molecule has 88 valence electrons. The van der Waals surface area contributed by atoms with Crippen LogP contribution in [0.5, 0.6) is 11.5 Å². The summed E-state index contributed by atoms with van der Waals surface area (Å²) in [6.07, 6.45) is 4.05. The van der Waals surface area contributed by atoms with Gasteiger partial charge in [0.1, 0.15) is 0 Å². The van der Waals surface area contributed by atoms with Gasteiger partial charge >= 0.3 is 0 Å². The molecule has 1 aliphatic rings. The van der Waals surface area contributed by atoms with Gasteiger partial charge in [-0.05, 0) is 24.5 Å². The number of hydrogen-bond acceptors (Lipinski definition) is 3. The number of nitrogens with two attached hydrogens (primary N) is 1. The van der Waals surface area contributed by atoms with Crippen LogP contribution >= 0.6 is 11.6 Å². The molecule has 1 fully saturated rings. The Labute approximate surface area is 100 Å². The summed E-state index contributed by atoms with van der Waals surface area (Å²) >= 11 is 6.18. The van der Waals surface area contributed by atoms with Crippen molar-refractivity contribution in [2.24, 2.45) is 5.73 Å². The van der Waals surface area contributed by atoms with Crippen molar-refractivity contribution in [2.75, 3.05) is 7.11 Å². The summed E-state index contributed by atoms with van der Waals surface area (Å²) in [6.45, 7) is 0. The third-order valence-corrected chi connectivity index (χ3v) is 3.61. The highest BCUT2D eigenvalue weighted by atomic mass is 35.5. The lowest BCUT2D eigenvalue weighted by molar-refractivity contribution is 0.370. The molecule has 0 unspecified atom stereocenters. The zero-order chi connectivity index (χ0) is 11.8. The third-order valence-electron chi connectivity index (χ3n) is 3.30. The van der Waals surface area contributed by atoms with Crippen LogP contribution < -0.4 is 10.5 Å². The second-order valence-corrected chi connectivity index (χ2v) is 4.77. The first-order valence-corrected chi connectivity index (χ1v) is 5.80. The summed E-state index contributed by atoms with van der Waals surface area (Å²) in [5, 5.41) is 10.3. The summed E-state index contributed by atoms with van der Waals surface area (Å²) in [4.78, 5) is 0. The molecule has 0 aliphatic heterocycles. The number of hydrogen-bond donors (Lipinski definition) is 2. The fourth-order valence-electron chi connectivity index (χ4n) is 2.36. The summed E-state index contributed by atoms with van der Waals surface area (Å²) in [5.41, 5.74) is 6.74.